The highest BCUT2D eigenvalue weighted by molar-refractivity contribution is 5.92. The number of amides is 1. The first-order valence-electron chi connectivity index (χ1n) is 7.50. The molecule has 1 aliphatic heterocycles. The van der Waals surface area contributed by atoms with Crippen LogP contribution in [0.4, 0.5) is 5.82 Å². The number of hydrogen-bond donors (Lipinski definition) is 2. The van der Waals surface area contributed by atoms with Crippen molar-refractivity contribution in [2.45, 2.75) is 13.0 Å². The van der Waals surface area contributed by atoms with Crippen molar-refractivity contribution in [2.24, 2.45) is 7.05 Å². The molecule has 1 aliphatic rings. The van der Waals surface area contributed by atoms with E-state index in [-0.39, 0.29) is 12.5 Å². The van der Waals surface area contributed by atoms with E-state index >= 15 is 0 Å². The second kappa shape index (κ2) is 6.70. The molecular weight excluding hydrogens is 296 g/mol. The lowest BCUT2D eigenvalue weighted by Crippen LogP contribution is -2.26. The predicted octanol–water partition coefficient (Wildman–Crippen LogP) is 1.09. The topological polar surface area (TPSA) is 77.4 Å². The van der Waals surface area contributed by atoms with Gasteiger partial charge >= 0.3 is 0 Å². The van der Waals surface area contributed by atoms with Crippen LogP contribution in [-0.2, 0) is 24.8 Å². The van der Waals surface area contributed by atoms with Gasteiger partial charge in [-0.2, -0.15) is 5.10 Å². The molecule has 0 saturated heterocycles. The van der Waals surface area contributed by atoms with Gasteiger partial charge < -0.3 is 20.1 Å². The number of aromatic nitrogens is 2. The van der Waals surface area contributed by atoms with Gasteiger partial charge in [0, 0.05) is 32.1 Å². The molecule has 7 nitrogen and oxygen atoms in total. The van der Waals surface area contributed by atoms with Crippen molar-refractivity contribution < 1.29 is 14.3 Å². The Bertz CT molecular complexity index is 711. The van der Waals surface area contributed by atoms with Gasteiger partial charge in [0.15, 0.2) is 18.1 Å². The number of carbonyl (C=O) groups excluding carboxylic acids is 1. The van der Waals surface area contributed by atoms with Gasteiger partial charge in [0.2, 0.25) is 0 Å². The molecule has 122 valence electrons. The number of methoxy groups -OCH3 is 1. The van der Waals surface area contributed by atoms with Gasteiger partial charge in [0.05, 0.1) is 12.8 Å². The summed E-state index contributed by atoms with van der Waals surface area (Å²) in [7, 11) is 3.40. The Morgan fingerprint density at radius 3 is 2.96 bits per heavy atom. The third-order valence-electron chi connectivity index (χ3n) is 3.75. The fraction of sp³-hybridized carbons (Fsp3) is 0.375. The Kier molecular flexibility index (Phi) is 4.47. The summed E-state index contributed by atoms with van der Waals surface area (Å²) >= 11 is 0. The highest BCUT2D eigenvalue weighted by atomic mass is 16.5. The zero-order valence-corrected chi connectivity index (χ0v) is 13.3. The molecule has 0 bridgehead atoms. The molecule has 1 amide bonds. The average molecular weight is 316 g/mol. The van der Waals surface area contributed by atoms with Crippen LogP contribution in [0.5, 0.6) is 11.5 Å². The van der Waals surface area contributed by atoms with Crippen molar-refractivity contribution in [1.82, 2.24) is 15.1 Å². The highest BCUT2D eigenvalue weighted by Crippen LogP contribution is 2.26. The van der Waals surface area contributed by atoms with E-state index in [4.69, 9.17) is 9.47 Å². The molecule has 0 saturated carbocycles. The van der Waals surface area contributed by atoms with E-state index in [0.717, 1.165) is 30.0 Å². The van der Waals surface area contributed by atoms with E-state index in [1.165, 1.54) is 0 Å². The van der Waals surface area contributed by atoms with Crippen molar-refractivity contribution in [3.63, 3.8) is 0 Å². The number of aryl methyl sites for hydroxylation is 1. The van der Waals surface area contributed by atoms with Crippen molar-refractivity contribution in [3.05, 3.63) is 35.5 Å². The number of para-hydroxylation sites is 2. The predicted molar refractivity (Wildman–Crippen MR) is 85.7 cm³/mol. The van der Waals surface area contributed by atoms with Crippen molar-refractivity contribution in [2.75, 3.05) is 25.6 Å². The lowest BCUT2D eigenvalue weighted by Gasteiger charge is -2.14. The number of benzene rings is 1. The number of ether oxygens (including phenoxy) is 2. The number of nitrogens with zero attached hydrogens (tertiary/aromatic N) is 2. The third kappa shape index (κ3) is 3.29. The van der Waals surface area contributed by atoms with Gasteiger partial charge in [-0.25, -0.2) is 0 Å². The molecule has 0 aliphatic carbocycles. The van der Waals surface area contributed by atoms with Crippen LogP contribution in [0.25, 0.3) is 0 Å². The van der Waals surface area contributed by atoms with Crippen LogP contribution in [0.2, 0.25) is 0 Å². The second-order valence-corrected chi connectivity index (χ2v) is 5.31. The van der Waals surface area contributed by atoms with Gasteiger partial charge in [-0.05, 0) is 12.1 Å². The number of nitrogens with one attached hydrogen (secondary N) is 2. The summed E-state index contributed by atoms with van der Waals surface area (Å²) in [6.45, 7) is 1.54. The number of fused-ring (bicyclic) bond motifs is 1. The van der Waals surface area contributed by atoms with Crippen molar-refractivity contribution in [1.29, 1.82) is 0 Å². The van der Waals surface area contributed by atoms with E-state index in [1.807, 2.05) is 19.2 Å². The van der Waals surface area contributed by atoms with Crippen LogP contribution < -0.4 is 20.1 Å². The van der Waals surface area contributed by atoms with E-state index in [0.29, 0.717) is 18.0 Å². The quantitative estimate of drug-likeness (QED) is 0.863. The Labute approximate surface area is 134 Å². The lowest BCUT2D eigenvalue weighted by atomic mass is 10.1. The van der Waals surface area contributed by atoms with Gasteiger partial charge in [0.1, 0.15) is 5.82 Å². The molecule has 0 fully saturated rings. The minimum Gasteiger partial charge on any atom is -0.493 e. The first kappa shape index (κ1) is 15.4. The van der Waals surface area contributed by atoms with E-state index in [2.05, 4.69) is 15.7 Å². The molecule has 1 aromatic carbocycles. The van der Waals surface area contributed by atoms with Gasteiger partial charge in [-0.3, -0.25) is 9.48 Å². The Hall–Kier alpha value is -2.54. The number of hydrogen-bond acceptors (Lipinski definition) is 5. The third-order valence-corrected chi connectivity index (χ3v) is 3.75. The second-order valence-electron chi connectivity index (χ2n) is 5.31. The SMILES string of the molecule is COc1ccccc1OCC(=O)Nc1c2c(nn1C)CCNC2. The fourth-order valence-electron chi connectivity index (χ4n) is 2.64. The first-order chi connectivity index (χ1) is 11.2. The summed E-state index contributed by atoms with van der Waals surface area (Å²) in [5.41, 5.74) is 2.08. The summed E-state index contributed by atoms with van der Waals surface area (Å²) in [6, 6.07) is 7.23. The minimum absolute atomic E-state index is 0.0895. The van der Waals surface area contributed by atoms with Crippen LogP contribution in [0.3, 0.4) is 0 Å². The zero-order valence-electron chi connectivity index (χ0n) is 13.3. The maximum atomic E-state index is 12.2. The molecule has 23 heavy (non-hydrogen) atoms. The van der Waals surface area contributed by atoms with Crippen LogP contribution in [0, 0.1) is 0 Å². The summed E-state index contributed by atoms with van der Waals surface area (Å²) in [5, 5.41) is 10.6. The molecule has 2 heterocycles. The summed E-state index contributed by atoms with van der Waals surface area (Å²) in [4.78, 5) is 12.2. The smallest absolute Gasteiger partial charge is 0.263 e. The number of rotatable bonds is 5. The highest BCUT2D eigenvalue weighted by Gasteiger charge is 2.20. The number of carbonyl (C=O) groups is 1. The molecule has 3 rings (SSSR count). The first-order valence-corrected chi connectivity index (χ1v) is 7.50. The monoisotopic (exact) mass is 316 g/mol. The van der Waals surface area contributed by atoms with Gasteiger partial charge in [-0.1, -0.05) is 12.1 Å². The maximum absolute atomic E-state index is 12.2. The van der Waals surface area contributed by atoms with Crippen LogP contribution in [0.15, 0.2) is 24.3 Å². The molecule has 2 aromatic rings. The van der Waals surface area contributed by atoms with Crippen LogP contribution in [0.1, 0.15) is 11.3 Å². The van der Waals surface area contributed by atoms with Gasteiger partial charge in [0.25, 0.3) is 5.91 Å². The molecule has 2 N–H and O–H groups in total. The molecule has 1 aromatic heterocycles. The largest absolute Gasteiger partial charge is 0.493 e. The standard InChI is InChI=1S/C16H20N4O3/c1-20-16(11-9-17-8-7-12(11)19-20)18-15(21)10-23-14-6-4-3-5-13(14)22-2/h3-6,17H,7-10H2,1-2H3,(H,18,21). The number of anilines is 1. The molecule has 0 spiro atoms. The van der Waals surface area contributed by atoms with Gasteiger partial charge in [-0.15, -0.1) is 0 Å². The molecular formula is C16H20N4O3. The fourth-order valence-corrected chi connectivity index (χ4v) is 2.64. The molecule has 0 unspecified atom stereocenters. The molecule has 7 heteroatoms. The van der Waals surface area contributed by atoms with E-state index in [1.54, 1.807) is 23.9 Å². The van der Waals surface area contributed by atoms with E-state index < -0.39 is 0 Å². The summed E-state index contributed by atoms with van der Waals surface area (Å²) in [5.74, 6) is 1.63. The Balaban J connectivity index is 1.65. The maximum Gasteiger partial charge on any atom is 0.263 e. The normalized spacial score (nSPS) is 13.3. The zero-order chi connectivity index (χ0) is 16.2. The molecule has 0 radical (unpaired) electrons. The average Bonchev–Trinajstić information content (AvgIpc) is 2.89. The molecule has 0 atom stereocenters. The van der Waals surface area contributed by atoms with Crippen LogP contribution >= 0.6 is 0 Å². The minimum atomic E-state index is -0.229. The lowest BCUT2D eigenvalue weighted by molar-refractivity contribution is -0.118. The Morgan fingerprint density at radius 1 is 1.39 bits per heavy atom. The summed E-state index contributed by atoms with van der Waals surface area (Å²) in [6.07, 6.45) is 0.872. The Morgan fingerprint density at radius 2 is 2.17 bits per heavy atom. The van der Waals surface area contributed by atoms with E-state index in [9.17, 15) is 4.79 Å². The summed E-state index contributed by atoms with van der Waals surface area (Å²) < 4.78 is 12.4. The van der Waals surface area contributed by atoms with Crippen molar-refractivity contribution >= 4 is 11.7 Å². The van der Waals surface area contributed by atoms with Crippen molar-refractivity contribution in [3.8, 4) is 11.5 Å². The van der Waals surface area contributed by atoms with Crippen LogP contribution in [-0.4, -0.2) is 35.9 Å².